The summed E-state index contributed by atoms with van der Waals surface area (Å²) in [4.78, 5) is 2.05. The molecule has 0 amide bonds. The summed E-state index contributed by atoms with van der Waals surface area (Å²) in [6, 6.07) is 12.7. The van der Waals surface area contributed by atoms with Crippen LogP contribution in [0, 0.1) is 5.82 Å². The first-order valence-electron chi connectivity index (χ1n) is 6.44. The van der Waals surface area contributed by atoms with E-state index in [4.69, 9.17) is 10.5 Å². The Morgan fingerprint density at radius 3 is 2.65 bits per heavy atom. The van der Waals surface area contributed by atoms with Crippen molar-refractivity contribution in [3.05, 3.63) is 59.4 Å². The average Bonchev–Trinajstić information content (AvgIpc) is 2.42. The van der Waals surface area contributed by atoms with Crippen LogP contribution in [0.5, 0.6) is 5.75 Å². The highest BCUT2D eigenvalue weighted by molar-refractivity contribution is 5.40. The molecule has 0 bridgehead atoms. The summed E-state index contributed by atoms with van der Waals surface area (Å²) in [7, 11) is 3.60. The minimum Gasteiger partial charge on any atom is -0.497 e. The number of hydrogen-bond acceptors (Lipinski definition) is 3. The Balaban J connectivity index is 2.02. The van der Waals surface area contributed by atoms with Gasteiger partial charge in [0.2, 0.25) is 0 Å². The van der Waals surface area contributed by atoms with Gasteiger partial charge in [0.1, 0.15) is 11.6 Å². The summed E-state index contributed by atoms with van der Waals surface area (Å²) < 4.78 is 18.9. The highest BCUT2D eigenvalue weighted by Gasteiger charge is 2.07. The van der Waals surface area contributed by atoms with Crippen LogP contribution < -0.4 is 10.5 Å². The van der Waals surface area contributed by atoms with Crippen molar-refractivity contribution < 1.29 is 9.13 Å². The molecule has 0 spiro atoms. The Morgan fingerprint density at radius 2 is 1.95 bits per heavy atom. The predicted octanol–water partition coefficient (Wildman–Crippen LogP) is 3.05. The third-order valence-electron chi connectivity index (χ3n) is 3.10. The lowest BCUT2D eigenvalue weighted by Gasteiger charge is -2.17. The Labute approximate surface area is 118 Å². The van der Waals surface area contributed by atoms with E-state index in [2.05, 4.69) is 0 Å². The molecule has 0 heterocycles. The molecule has 106 valence electrons. The van der Waals surface area contributed by atoms with E-state index in [0.29, 0.717) is 17.8 Å². The van der Waals surface area contributed by atoms with Crippen LogP contribution in [-0.4, -0.2) is 19.1 Å². The molecule has 0 aliphatic rings. The van der Waals surface area contributed by atoms with Crippen LogP contribution >= 0.6 is 0 Å². The minimum absolute atomic E-state index is 0.262. The molecule has 3 nitrogen and oxygen atoms in total. The lowest BCUT2D eigenvalue weighted by atomic mass is 10.1. The zero-order valence-electron chi connectivity index (χ0n) is 11.8. The van der Waals surface area contributed by atoms with Crippen molar-refractivity contribution in [2.45, 2.75) is 13.1 Å². The van der Waals surface area contributed by atoms with Crippen molar-refractivity contribution >= 4 is 5.69 Å². The normalized spacial score (nSPS) is 10.8. The number of benzene rings is 2. The van der Waals surface area contributed by atoms with Gasteiger partial charge in [0.05, 0.1) is 7.11 Å². The number of halogens is 1. The molecule has 0 saturated carbocycles. The fraction of sp³-hybridized carbons (Fsp3) is 0.250. The first-order chi connectivity index (χ1) is 9.58. The molecule has 0 saturated heterocycles. The maximum absolute atomic E-state index is 13.7. The van der Waals surface area contributed by atoms with Gasteiger partial charge in [-0.1, -0.05) is 18.2 Å². The molecular weight excluding hydrogens is 255 g/mol. The number of hydrogen-bond donors (Lipinski definition) is 1. The SMILES string of the molecule is COc1cccc(CN(C)Cc2ccc(N)cc2F)c1. The van der Waals surface area contributed by atoms with E-state index in [0.717, 1.165) is 17.9 Å². The number of anilines is 1. The number of rotatable bonds is 5. The quantitative estimate of drug-likeness (QED) is 0.852. The van der Waals surface area contributed by atoms with Crippen LogP contribution in [0.2, 0.25) is 0 Å². The summed E-state index contributed by atoms with van der Waals surface area (Å²) in [5.41, 5.74) is 7.76. The molecule has 2 rings (SSSR count). The minimum atomic E-state index is -0.262. The Bertz CT molecular complexity index is 586. The number of nitrogens with two attached hydrogens (primary N) is 1. The summed E-state index contributed by atoms with van der Waals surface area (Å²) >= 11 is 0. The van der Waals surface area contributed by atoms with Crippen molar-refractivity contribution in [2.75, 3.05) is 19.9 Å². The third kappa shape index (κ3) is 3.71. The van der Waals surface area contributed by atoms with Gasteiger partial charge in [0.25, 0.3) is 0 Å². The van der Waals surface area contributed by atoms with Gasteiger partial charge in [0, 0.05) is 24.3 Å². The molecule has 0 radical (unpaired) electrons. The smallest absolute Gasteiger partial charge is 0.129 e. The topological polar surface area (TPSA) is 38.5 Å². The molecule has 2 N–H and O–H groups in total. The number of ether oxygens (including phenoxy) is 1. The van der Waals surface area contributed by atoms with E-state index < -0.39 is 0 Å². The number of nitrogen functional groups attached to an aromatic ring is 1. The van der Waals surface area contributed by atoms with Gasteiger partial charge in [-0.3, -0.25) is 4.90 Å². The van der Waals surface area contributed by atoms with E-state index in [1.165, 1.54) is 6.07 Å². The molecule has 0 aliphatic heterocycles. The predicted molar refractivity (Wildman–Crippen MR) is 79.0 cm³/mol. The van der Waals surface area contributed by atoms with Gasteiger partial charge < -0.3 is 10.5 Å². The molecular formula is C16H19FN2O. The molecule has 20 heavy (non-hydrogen) atoms. The monoisotopic (exact) mass is 274 g/mol. The van der Waals surface area contributed by atoms with E-state index in [1.54, 1.807) is 19.2 Å². The van der Waals surface area contributed by atoms with E-state index in [9.17, 15) is 4.39 Å². The Kier molecular flexibility index (Phi) is 4.58. The van der Waals surface area contributed by atoms with Gasteiger partial charge in [-0.05, 0) is 36.9 Å². The number of methoxy groups -OCH3 is 1. The molecule has 0 aliphatic carbocycles. The van der Waals surface area contributed by atoms with Crippen LogP contribution in [0.3, 0.4) is 0 Å². The van der Waals surface area contributed by atoms with E-state index in [-0.39, 0.29) is 5.82 Å². The standard InChI is InChI=1S/C16H19FN2O/c1-19(10-12-4-3-5-15(8-12)20-2)11-13-6-7-14(18)9-16(13)17/h3-9H,10-11,18H2,1-2H3. The second-order valence-corrected chi connectivity index (χ2v) is 4.87. The second kappa shape index (κ2) is 6.39. The van der Waals surface area contributed by atoms with Gasteiger partial charge in [-0.15, -0.1) is 0 Å². The van der Waals surface area contributed by atoms with Crippen molar-refractivity contribution in [3.8, 4) is 5.75 Å². The van der Waals surface area contributed by atoms with Crippen LogP contribution in [0.25, 0.3) is 0 Å². The second-order valence-electron chi connectivity index (χ2n) is 4.87. The van der Waals surface area contributed by atoms with E-state index >= 15 is 0 Å². The third-order valence-corrected chi connectivity index (χ3v) is 3.10. The Hall–Kier alpha value is -2.07. The summed E-state index contributed by atoms with van der Waals surface area (Å²) in [5, 5.41) is 0. The molecule has 0 fully saturated rings. The molecule has 0 unspecified atom stereocenters. The summed E-state index contributed by atoms with van der Waals surface area (Å²) in [5.74, 6) is 0.567. The van der Waals surface area contributed by atoms with Crippen molar-refractivity contribution in [1.29, 1.82) is 0 Å². The van der Waals surface area contributed by atoms with Gasteiger partial charge in [-0.2, -0.15) is 0 Å². The first-order valence-corrected chi connectivity index (χ1v) is 6.44. The van der Waals surface area contributed by atoms with Crippen LogP contribution in [0.1, 0.15) is 11.1 Å². The molecule has 2 aromatic rings. The maximum Gasteiger partial charge on any atom is 0.129 e. The highest BCUT2D eigenvalue weighted by atomic mass is 19.1. The molecule has 4 heteroatoms. The maximum atomic E-state index is 13.7. The lowest BCUT2D eigenvalue weighted by Crippen LogP contribution is -2.18. The first kappa shape index (κ1) is 14.3. The van der Waals surface area contributed by atoms with Gasteiger partial charge in [0.15, 0.2) is 0 Å². The lowest BCUT2D eigenvalue weighted by molar-refractivity contribution is 0.313. The van der Waals surface area contributed by atoms with Crippen molar-refractivity contribution in [3.63, 3.8) is 0 Å². The van der Waals surface area contributed by atoms with Crippen molar-refractivity contribution in [2.24, 2.45) is 0 Å². The fourth-order valence-electron chi connectivity index (χ4n) is 2.12. The van der Waals surface area contributed by atoms with Crippen LogP contribution in [0.4, 0.5) is 10.1 Å². The van der Waals surface area contributed by atoms with Crippen LogP contribution in [0.15, 0.2) is 42.5 Å². The largest absolute Gasteiger partial charge is 0.497 e. The fourth-order valence-corrected chi connectivity index (χ4v) is 2.12. The van der Waals surface area contributed by atoms with Gasteiger partial charge >= 0.3 is 0 Å². The van der Waals surface area contributed by atoms with Crippen molar-refractivity contribution in [1.82, 2.24) is 4.90 Å². The number of nitrogens with zero attached hydrogens (tertiary/aromatic N) is 1. The van der Waals surface area contributed by atoms with Gasteiger partial charge in [-0.25, -0.2) is 4.39 Å². The van der Waals surface area contributed by atoms with Crippen LogP contribution in [-0.2, 0) is 13.1 Å². The zero-order valence-corrected chi connectivity index (χ0v) is 11.8. The summed E-state index contributed by atoms with van der Waals surface area (Å²) in [6.45, 7) is 1.25. The Morgan fingerprint density at radius 1 is 1.15 bits per heavy atom. The van der Waals surface area contributed by atoms with E-state index in [1.807, 2.05) is 36.2 Å². The highest BCUT2D eigenvalue weighted by Crippen LogP contribution is 2.17. The zero-order chi connectivity index (χ0) is 14.5. The molecule has 0 atom stereocenters. The molecule has 2 aromatic carbocycles. The average molecular weight is 274 g/mol. The summed E-state index contributed by atoms with van der Waals surface area (Å²) in [6.07, 6.45) is 0. The molecule has 0 aromatic heterocycles.